The fourth-order valence-electron chi connectivity index (χ4n) is 3.51. The number of hydrogen-bond donors (Lipinski definition) is 1. The first-order chi connectivity index (χ1) is 14.5. The van der Waals surface area contributed by atoms with Gasteiger partial charge in [0.15, 0.2) is 11.6 Å². The third-order valence-electron chi connectivity index (χ3n) is 5.26. The van der Waals surface area contributed by atoms with Gasteiger partial charge in [0, 0.05) is 37.4 Å². The monoisotopic (exact) mass is 407 g/mol. The molecule has 9 nitrogen and oxygen atoms in total. The van der Waals surface area contributed by atoms with Crippen LogP contribution in [-0.4, -0.2) is 57.3 Å². The molecule has 0 atom stereocenters. The van der Waals surface area contributed by atoms with Gasteiger partial charge in [-0.1, -0.05) is 11.2 Å². The highest BCUT2D eigenvalue weighted by atomic mass is 16.5. The fraction of sp³-hybridized carbons (Fsp3) is 0.381. The molecule has 4 heterocycles. The van der Waals surface area contributed by atoms with Crippen LogP contribution in [0.5, 0.6) is 0 Å². The SMILES string of the molecule is Cc1cccc(Nc2ccc(N3CCN(C(=O)Cc4c(C)noc4C)CC3)nn2)n1. The Morgan fingerprint density at radius 3 is 2.47 bits per heavy atom. The van der Waals surface area contributed by atoms with Crippen LogP contribution in [0, 0.1) is 20.8 Å². The Labute approximate surface area is 175 Å². The van der Waals surface area contributed by atoms with Crippen molar-refractivity contribution in [3.63, 3.8) is 0 Å². The molecule has 0 radical (unpaired) electrons. The van der Waals surface area contributed by atoms with Crippen LogP contribution in [0.4, 0.5) is 17.5 Å². The summed E-state index contributed by atoms with van der Waals surface area (Å²) in [6, 6.07) is 9.60. The van der Waals surface area contributed by atoms with Gasteiger partial charge in [0.25, 0.3) is 0 Å². The van der Waals surface area contributed by atoms with E-state index in [1.165, 1.54) is 0 Å². The van der Waals surface area contributed by atoms with Crippen LogP contribution in [0.1, 0.15) is 22.7 Å². The summed E-state index contributed by atoms with van der Waals surface area (Å²) in [7, 11) is 0. The van der Waals surface area contributed by atoms with Gasteiger partial charge in [0.2, 0.25) is 5.91 Å². The van der Waals surface area contributed by atoms with E-state index >= 15 is 0 Å². The van der Waals surface area contributed by atoms with Crippen molar-refractivity contribution < 1.29 is 9.32 Å². The second kappa shape index (κ2) is 8.48. The lowest BCUT2D eigenvalue weighted by atomic mass is 10.1. The highest BCUT2D eigenvalue weighted by Crippen LogP contribution is 2.18. The van der Waals surface area contributed by atoms with Crippen molar-refractivity contribution in [2.24, 2.45) is 0 Å². The van der Waals surface area contributed by atoms with Crippen molar-refractivity contribution in [2.75, 3.05) is 36.4 Å². The normalized spacial score (nSPS) is 14.1. The van der Waals surface area contributed by atoms with E-state index in [1.54, 1.807) is 0 Å². The van der Waals surface area contributed by atoms with E-state index in [0.717, 1.165) is 28.6 Å². The third-order valence-corrected chi connectivity index (χ3v) is 5.26. The van der Waals surface area contributed by atoms with Gasteiger partial charge in [-0.25, -0.2) is 4.98 Å². The molecule has 0 aromatic carbocycles. The summed E-state index contributed by atoms with van der Waals surface area (Å²) in [6.07, 6.45) is 0.328. The van der Waals surface area contributed by atoms with E-state index in [-0.39, 0.29) is 5.91 Å². The Hall–Kier alpha value is -3.49. The average molecular weight is 407 g/mol. The molecular formula is C21H25N7O2. The van der Waals surface area contributed by atoms with Crippen molar-refractivity contribution >= 4 is 23.4 Å². The molecule has 4 rings (SSSR count). The molecule has 0 spiro atoms. The molecule has 1 fully saturated rings. The predicted molar refractivity (Wildman–Crippen MR) is 113 cm³/mol. The number of carbonyl (C=O) groups excluding carboxylic acids is 1. The van der Waals surface area contributed by atoms with Crippen LogP contribution < -0.4 is 10.2 Å². The lowest BCUT2D eigenvalue weighted by Crippen LogP contribution is -2.49. The molecule has 30 heavy (non-hydrogen) atoms. The number of anilines is 3. The van der Waals surface area contributed by atoms with Crippen LogP contribution in [0.25, 0.3) is 0 Å². The molecule has 1 N–H and O–H groups in total. The van der Waals surface area contributed by atoms with Gasteiger partial charge in [-0.2, -0.15) is 0 Å². The Bertz CT molecular complexity index is 1000. The molecule has 0 aliphatic carbocycles. The molecule has 0 saturated carbocycles. The van der Waals surface area contributed by atoms with Gasteiger partial charge in [-0.15, -0.1) is 10.2 Å². The second-order valence-corrected chi connectivity index (χ2v) is 7.41. The van der Waals surface area contributed by atoms with Crippen LogP contribution >= 0.6 is 0 Å². The van der Waals surface area contributed by atoms with Crippen molar-refractivity contribution in [1.29, 1.82) is 0 Å². The lowest BCUT2D eigenvalue weighted by Gasteiger charge is -2.35. The Kier molecular flexibility index (Phi) is 5.60. The largest absolute Gasteiger partial charge is 0.361 e. The maximum Gasteiger partial charge on any atom is 0.227 e. The number of nitrogens with one attached hydrogen (secondary N) is 1. The Morgan fingerprint density at radius 1 is 1.03 bits per heavy atom. The first-order valence-electron chi connectivity index (χ1n) is 9.98. The number of piperazine rings is 1. The molecule has 1 amide bonds. The minimum Gasteiger partial charge on any atom is -0.361 e. The van der Waals surface area contributed by atoms with E-state index < -0.39 is 0 Å². The Balaban J connectivity index is 1.32. The van der Waals surface area contributed by atoms with Crippen molar-refractivity contribution in [3.05, 3.63) is 53.0 Å². The van der Waals surface area contributed by atoms with E-state index in [2.05, 4.69) is 30.6 Å². The summed E-state index contributed by atoms with van der Waals surface area (Å²) in [4.78, 5) is 21.1. The topological polar surface area (TPSA) is 100 Å². The van der Waals surface area contributed by atoms with Gasteiger partial charge in [-0.3, -0.25) is 4.79 Å². The first-order valence-corrected chi connectivity index (χ1v) is 9.98. The number of aromatic nitrogens is 4. The molecule has 1 aliphatic heterocycles. The zero-order valence-electron chi connectivity index (χ0n) is 17.4. The van der Waals surface area contributed by atoms with Crippen molar-refractivity contribution in [3.8, 4) is 0 Å². The van der Waals surface area contributed by atoms with Gasteiger partial charge < -0.3 is 19.6 Å². The van der Waals surface area contributed by atoms with Crippen LogP contribution in [0.15, 0.2) is 34.9 Å². The van der Waals surface area contributed by atoms with Gasteiger partial charge in [-0.05, 0) is 45.0 Å². The summed E-state index contributed by atoms with van der Waals surface area (Å²) < 4.78 is 5.16. The summed E-state index contributed by atoms with van der Waals surface area (Å²) in [6.45, 7) is 8.38. The van der Waals surface area contributed by atoms with E-state index in [4.69, 9.17) is 4.52 Å². The zero-order valence-corrected chi connectivity index (χ0v) is 17.4. The number of rotatable bonds is 5. The number of pyridine rings is 1. The minimum absolute atomic E-state index is 0.0975. The third kappa shape index (κ3) is 4.40. The smallest absolute Gasteiger partial charge is 0.227 e. The molecular weight excluding hydrogens is 382 g/mol. The highest BCUT2D eigenvalue weighted by Gasteiger charge is 2.24. The minimum atomic E-state index is 0.0975. The number of amides is 1. The number of hydrogen-bond acceptors (Lipinski definition) is 8. The molecule has 9 heteroatoms. The van der Waals surface area contributed by atoms with Crippen LogP contribution in [0.3, 0.4) is 0 Å². The molecule has 0 unspecified atom stereocenters. The molecule has 1 aliphatic rings. The quantitative estimate of drug-likeness (QED) is 0.688. The second-order valence-electron chi connectivity index (χ2n) is 7.41. The number of carbonyl (C=O) groups is 1. The van der Waals surface area contributed by atoms with Crippen molar-refractivity contribution in [1.82, 2.24) is 25.2 Å². The predicted octanol–water partition coefficient (Wildman–Crippen LogP) is 2.42. The first kappa shape index (κ1) is 19.8. The summed E-state index contributed by atoms with van der Waals surface area (Å²) in [5.41, 5.74) is 2.61. The van der Waals surface area contributed by atoms with Gasteiger partial charge in [0.1, 0.15) is 11.6 Å². The fourth-order valence-corrected chi connectivity index (χ4v) is 3.51. The highest BCUT2D eigenvalue weighted by molar-refractivity contribution is 5.79. The zero-order chi connectivity index (χ0) is 21.1. The Morgan fingerprint density at radius 2 is 1.83 bits per heavy atom. The molecule has 1 saturated heterocycles. The molecule has 3 aromatic rings. The molecule has 156 valence electrons. The molecule has 3 aromatic heterocycles. The van der Waals surface area contributed by atoms with Gasteiger partial charge in [0.05, 0.1) is 12.1 Å². The lowest BCUT2D eigenvalue weighted by molar-refractivity contribution is -0.130. The number of nitrogens with zero attached hydrogens (tertiary/aromatic N) is 6. The van der Waals surface area contributed by atoms with Crippen LogP contribution in [-0.2, 0) is 11.2 Å². The maximum atomic E-state index is 12.7. The summed E-state index contributed by atoms with van der Waals surface area (Å²) >= 11 is 0. The van der Waals surface area contributed by atoms with E-state index in [1.807, 2.05) is 56.0 Å². The average Bonchev–Trinajstić information content (AvgIpc) is 3.06. The van der Waals surface area contributed by atoms with Gasteiger partial charge >= 0.3 is 0 Å². The summed E-state index contributed by atoms with van der Waals surface area (Å²) in [5.74, 6) is 2.99. The maximum absolute atomic E-state index is 12.7. The number of aryl methyl sites for hydroxylation is 3. The van der Waals surface area contributed by atoms with E-state index in [9.17, 15) is 4.79 Å². The molecule has 0 bridgehead atoms. The summed E-state index contributed by atoms with van der Waals surface area (Å²) in [5, 5.41) is 15.7. The van der Waals surface area contributed by atoms with E-state index in [0.29, 0.717) is 44.2 Å². The standard InChI is InChI=1S/C21H25N7O2/c1-14-5-4-6-18(22-14)23-19-7-8-20(25-24-19)27-9-11-28(12-10-27)21(29)13-17-15(2)26-30-16(17)3/h4-8H,9-13H2,1-3H3,(H,22,23,24). The van der Waals surface area contributed by atoms with Crippen molar-refractivity contribution in [2.45, 2.75) is 27.2 Å². The van der Waals surface area contributed by atoms with Crippen LogP contribution in [0.2, 0.25) is 0 Å².